The number of aryl methyl sites for hydroxylation is 1. The van der Waals surface area contributed by atoms with E-state index in [2.05, 4.69) is 25.9 Å². The highest BCUT2D eigenvalue weighted by atomic mass is 79.9. The molecule has 0 radical (unpaired) electrons. The van der Waals surface area contributed by atoms with Crippen molar-refractivity contribution < 1.29 is 0 Å². The zero-order valence-corrected chi connectivity index (χ0v) is 12.5. The first-order valence-corrected chi connectivity index (χ1v) is 7.07. The highest BCUT2D eigenvalue weighted by Crippen LogP contribution is 2.26. The number of H-pyrrole nitrogens is 2. The summed E-state index contributed by atoms with van der Waals surface area (Å²) in [5.74, 6) is 0. The van der Waals surface area contributed by atoms with E-state index in [1.54, 1.807) is 0 Å². The number of nitrogens with two attached hydrogens (primary N) is 1. The zero-order valence-electron chi connectivity index (χ0n) is 10.9. The number of rotatable bonds is 2. The van der Waals surface area contributed by atoms with Crippen molar-refractivity contribution in [1.82, 2.24) is 9.97 Å². The van der Waals surface area contributed by atoms with E-state index >= 15 is 0 Å². The van der Waals surface area contributed by atoms with Gasteiger partial charge in [-0.15, -0.1) is 0 Å². The maximum Gasteiger partial charge on any atom is 0.323 e. The van der Waals surface area contributed by atoms with Crippen LogP contribution in [0.3, 0.4) is 0 Å². The van der Waals surface area contributed by atoms with Gasteiger partial charge in [0.15, 0.2) is 0 Å². The van der Waals surface area contributed by atoms with E-state index in [4.69, 9.17) is 5.73 Å². The molecule has 0 aliphatic carbocycles. The van der Waals surface area contributed by atoms with E-state index in [0.29, 0.717) is 0 Å². The fourth-order valence-electron chi connectivity index (χ4n) is 2.24. The van der Waals surface area contributed by atoms with Crippen LogP contribution >= 0.6 is 15.9 Å². The van der Waals surface area contributed by atoms with Crippen LogP contribution in [0.1, 0.15) is 22.7 Å². The molecule has 1 atom stereocenters. The lowest BCUT2D eigenvalue weighted by molar-refractivity contribution is 0.871. The Labute approximate surface area is 124 Å². The van der Waals surface area contributed by atoms with Gasteiger partial charge in [0.2, 0.25) is 0 Å². The van der Waals surface area contributed by atoms with Gasteiger partial charge < -0.3 is 15.7 Å². The summed E-state index contributed by atoms with van der Waals surface area (Å²) in [6.07, 6.45) is 0. The minimum atomic E-state index is -0.227. The van der Waals surface area contributed by atoms with Crippen LogP contribution in [-0.2, 0) is 0 Å². The molecule has 0 bridgehead atoms. The van der Waals surface area contributed by atoms with Crippen LogP contribution in [-0.4, -0.2) is 9.97 Å². The summed E-state index contributed by atoms with van der Waals surface area (Å²) >= 11 is 3.52. The highest BCUT2D eigenvalue weighted by Gasteiger charge is 2.11. The molecule has 0 fully saturated rings. The molecule has 0 spiro atoms. The summed E-state index contributed by atoms with van der Waals surface area (Å²) in [5, 5.41) is 0. The first-order chi connectivity index (χ1) is 9.54. The number of hydrogen-bond donors (Lipinski definition) is 3. The fourth-order valence-corrected chi connectivity index (χ4v) is 2.64. The second kappa shape index (κ2) is 4.92. The molecular weight excluding hydrogens is 318 g/mol. The molecule has 1 aromatic heterocycles. The lowest BCUT2D eigenvalue weighted by Crippen LogP contribution is -2.11. The van der Waals surface area contributed by atoms with Crippen molar-refractivity contribution in [2.24, 2.45) is 5.73 Å². The molecule has 0 saturated carbocycles. The van der Waals surface area contributed by atoms with Crippen molar-refractivity contribution in [3.8, 4) is 0 Å². The van der Waals surface area contributed by atoms with E-state index in [9.17, 15) is 4.79 Å². The van der Waals surface area contributed by atoms with Gasteiger partial charge in [0.05, 0.1) is 17.1 Å². The summed E-state index contributed by atoms with van der Waals surface area (Å²) in [5.41, 5.74) is 10.8. The molecule has 0 saturated heterocycles. The molecule has 1 unspecified atom stereocenters. The minimum absolute atomic E-state index is 0.205. The van der Waals surface area contributed by atoms with Gasteiger partial charge in [-0.1, -0.05) is 34.1 Å². The van der Waals surface area contributed by atoms with Crippen LogP contribution in [0.5, 0.6) is 0 Å². The zero-order chi connectivity index (χ0) is 14.3. The molecular formula is C15H14BrN3O. The van der Waals surface area contributed by atoms with Gasteiger partial charge in [0.25, 0.3) is 0 Å². The van der Waals surface area contributed by atoms with Gasteiger partial charge in [-0.05, 0) is 41.8 Å². The molecule has 102 valence electrons. The molecule has 20 heavy (non-hydrogen) atoms. The highest BCUT2D eigenvalue weighted by molar-refractivity contribution is 9.10. The quantitative estimate of drug-likeness (QED) is 0.675. The lowest BCUT2D eigenvalue weighted by Gasteiger charge is -2.14. The Kier molecular flexibility index (Phi) is 3.23. The predicted octanol–water partition coefficient (Wildman–Crippen LogP) is 2.98. The number of imidazole rings is 1. The molecule has 4 nitrogen and oxygen atoms in total. The normalized spacial score (nSPS) is 12.8. The van der Waals surface area contributed by atoms with Crippen LogP contribution in [0, 0.1) is 6.92 Å². The van der Waals surface area contributed by atoms with Crippen molar-refractivity contribution in [3.63, 3.8) is 0 Å². The maximum absolute atomic E-state index is 11.3. The molecule has 1 heterocycles. The van der Waals surface area contributed by atoms with Crippen LogP contribution in [0.15, 0.2) is 45.7 Å². The maximum atomic E-state index is 11.3. The minimum Gasteiger partial charge on any atom is -0.320 e. The van der Waals surface area contributed by atoms with Gasteiger partial charge in [-0.2, -0.15) is 0 Å². The smallest absolute Gasteiger partial charge is 0.320 e. The first kappa shape index (κ1) is 13.1. The number of aromatic nitrogens is 2. The summed E-state index contributed by atoms with van der Waals surface area (Å²) in [6.45, 7) is 2.04. The predicted molar refractivity (Wildman–Crippen MR) is 83.8 cm³/mol. The molecule has 5 heteroatoms. The number of fused-ring (bicyclic) bond motifs is 1. The summed E-state index contributed by atoms with van der Waals surface area (Å²) in [4.78, 5) is 16.7. The Morgan fingerprint density at radius 3 is 2.45 bits per heavy atom. The number of halogens is 1. The van der Waals surface area contributed by atoms with Crippen LogP contribution in [0.2, 0.25) is 0 Å². The van der Waals surface area contributed by atoms with Crippen molar-refractivity contribution in [2.45, 2.75) is 13.0 Å². The van der Waals surface area contributed by atoms with E-state index in [-0.39, 0.29) is 11.7 Å². The van der Waals surface area contributed by atoms with Crippen LogP contribution < -0.4 is 11.4 Å². The third-order valence-corrected chi connectivity index (χ3v) is 4.31. The second-order valence-electron chi connectivity index (χ2n) is 4.87. The molecule has 0 aliphatic rings. The number of aromatic amines is 2. The largest absolute Gasteiger partial charge is 0.323 e. The topological polar surface area (TPSA) is 74.7 Å². The average molecular weight is 332 g/mol. The van der Waals surface area contributed by atoms with Gasteiger partial charge >= 0.3 is 5.69 Å². The van der Waals surface area contributed by atoms with Crippen molar-refractivity contribution in [2.75, 3.05) is 0 Å². The molecule has 4 N–H and O–H groups in total. The third kappa shape index (κ3) is 2.30. The molecule has 3 rings (SSSR count). The number of benzene rings is 2. The number of nitrogens with one attached hydrogen (secondary N) is 2. The van der Waals surface area contributed by atoms with Crippen molar-refractivity contribution in [3.05, 3.63) is 68.0 Å². The standard InChI is InChI=1S/C15H14BrN3O/c1-8-2-3-9(6-11(8)16)14(17)10-4-5-12-13(7-10)19-15(20)18-12/h2-7,14H,17H2,1H3,(H2,18,19,20). The third-order valence-electron chi connectivity index (χ3n) is 3.45. The van der Waals surface area contributed by atoms with E-state index in [0.717, 1.165) is 26.6 Å². The Morgan fingerprint density at radius 2 is 1.70 bits per heavy atom. The summed E-state index contributed by atoms with van der Waals surface area (Å²) < 4.78 is 1.04. The molecule has 3 aromatic rings. The SMILES string of the molecule is Cc1ccc(C(N)c2ccc3[nH]c(=O)[nH]c3c2)cc1Br. The van der Waals surface area contributed by atoms with Crippen LogP contribution in [0.25, 0.3) is 11.0 Å². The van der Waals surface area contributed by atoms with Crippen LogP contribution in [0.4, 0.5) is 0 Å². The van der Waals surface area contributed by atoms with Crippen molar-refractivity contribution in [1.29, 1.82) is 0 Å². The Hall–Kier alpha value is -1.85. The molecule has 0 aliphatic heterocycles. The summed E-state index contributed by atoms with van der Waals surface area (Å²) in [6, 6.07) is 11.6. The molecule has 2 aromatic carbocycles. The molecule has 0 amide bonds. The van der Waals surface area contributed by atoms with Gasteiger partial charge in [0.1, 0.15) is 0 Å². The summed E-state index contributed by atoms with van der Waals surface area (Å²) in [7, 11) is 0. The first-order valence-electron chi connectivity index (χ1n) is 6.28. The monoisotopic (exact) mass is 331 g/mol. The van der Waals surface area contributed by atoms with E-state index in [1.165, 1.54) is 5.56 Å². The average Bonchev–Trinajstić information content (AvgIpc) is 2.80. The number of hydrogen-bond acceptors (Lipinski definition) is 2. The van der Waals surface area contributed by atoms with Gasteiger partial charge in [-0.3, -0.25) is 0 Å². The van der Waals surface area contributed by atoms with E-state index < -0.39 is 0 Å². The Morgan fingerprint density at radius 1 is 1.05 bits per heavy atom. The second-order valence-corrected chi connectivity index (χ2v) is 5.72. The van der Waals surface area contributed by atoms with E-state index in [1.807, 2.05) is 43.3 Å². The van der Waals surface area contributed by atoms with Gasteiger partial charge in [0, 0.05) is 4.47 Å². The lowest BCUT2D eigenvalue weighted by atomic mass is 9.98. The van der Waals surface area contributed by atoms with Gasteiger partial charge in [-0.25, -0.2) is 4.79 Å². The Bertz CT molecular complexity index is 834. The Balaban J connectivity index is 2.04. The van der Waals surface area contributed by atoms with Crippen molar-refractivity contribution >= 4 is 27.0 Å². The fraction of sp³-hybridized carbons (Fsp3) is 0.133.